The molecule has 0 atom stereocenters. The fourth-order valence-electron chi connectivity index (χ4n) is 6.54. The summed E-state index contributed by atoms with van der Waals surface area (Å²) in [7, 11) is 0. The Morgan fingerprint density at radius 1 is 0.688 bits per heavy atom. The summed E-state index contributed by atoms with van der Waals surface area (Å²) in [5.74, 6) is 3.78. The molecule has 0 unspecified atom stereocenters. The standard InChI is InChI=1S/C31H49N/c1-3-5-6-8-26-11-15-28(16-12-26)19-21-30-22-20-29(23-31(30)24-32)18-17-27-13-9-25(7-4-2)10-14-27/h20,22-23,25-28H,3-19,21H2,1-2H3. The Balaban J connectivity index is 1.39. The maximum atomic E-state index is 9.76. The van der Waals surface area contributed by atoms with Gasteiger partial charge in [-0.25, -0.2) is 0 Å². The molecule has 2 aliphatic carbocycles. The second-order valence-electron chi connectivity index (χ2n) is 11.2. The van der Waals surface area contributed by atoms with Gasteiger partial charge in [0, 0.05) is 0 Å². The highest BCUT2D eigenvalue weighted by Crippen LogP contribution is 2.35. The van der Waals surface area contributed by atoms with Gasteiger partial charge in [0.15, 0.2) is 0 Å². The van der Waals surface area contributed by atoms with E-state index in [4.69, 9.17) is 0 Å². The summed E-state index contributed by atoms with van der Waals surface area (Å²) >= 11 is 0. The lowest BCUT2D eigenvalue weighted by molar-refractivity contribution is 0.249. The van der Waals surface area contributed by atoms with Crippen molar-refractivity contribution < 1.29 is 0 Å². The lowest BCUT2D eigenvalue weighted by Crippen LogP contribution is -2.15. The van der Waals surface area contributed by atoms with Crippen LogP contribution in [0, 0.1) is 35.0 Å². The van der Waals surface area contributed by atoms with Crippen LogP contribution in [0.25, 0.3) is 0 Å². The van der Waals surface area contributed by atoms with Crippen LogP contribution in [0.5, 0.6) is 0 Å². The summed E-state index contributed by atoms with van der Waals surface area (Å²) in [6.45, 7) is 4.63. The first-order valence-electron chi connectivity index (χ1n) is 14.2. The average molecular weight is 436 g/mol. The van der Waals surface area contributed by atoms with Gasteiger partial charge in [0.1, 0.15) is 0 Å². The maximum Gasteiger partial charge on any atom is 0.0994 e. The molecule has 0 bridgehead atoms. The minimum absolute atomic E-state index is 0.881. The fourth-order valence-corrected chi connectivity index (χ4v) is 6.54. The summed E-state index contributed by atoms with van der Waals surface area (Å²) in [6, 6.07) is 9.33. The Bertz CT molecular complexity index is 683. The highest BCUT2D eigenvalue weighted by molar-refractivity contribution is 5.41. The van der Waals surface area contributed by atoms with Crippen LogP contribution >= 0.6 is 0 Å². The Kier molecular flexibility index (Phi) is 11.1. The summed E-state index contributed by atoms with van der Waals surface area (Å²) in [5, 5.41) is 9.76. The minimum Gasteiger partial charge on any atom is -0.192 e. The highest BCUT2D eigenvalue weighted by Gasteiger charge is 2.22. The van der Waals surface area contributed by atoms with Gasteiger partial charge >= 0.3 is 0 Å². The second-order valence-corrected chi connectivity index (χ2v) is 11.2. The summed E-state index contributed by atoms with van der Waals surface area (Å²) in [4.78, 5) is 0. The van der Waals surface area contributed by atoms with Crippen LogP contribution in [0.1, 0.15) is 133 Å². The Morgan fingerprint density at radius 3 is 1.81 bits per heavy atom. The van der Waals surface area contributed by atoms with Crippen LogP contribution in [-0.4, -0.2) is 0 Å². The molecule has 178 valence electrons. The number of nitriles is 1. The first kappa shape index (κ1) is 25.3. The molecule has 0 saturated heterocycles. The van der Waals surface area contributed by atoms with Crippen molar-refractivity contribution in [2.24, 2.45) is 23.7 Å². The molecule has 0 spiro atoms. The highest BCUT2D eigenvalue weighted by atomic mass is 14.3. The number of hydrogen-bond donors (Lipinski definition) is 0. The molecule has 2 aliphatic rings. The maximum absolute atomic E-state index is 9.76. The molecule has 0 radical (unpaired) electrons. The van der Waals surface area contributed by atoms with Crippen molar-refractivity contribution in [2.45, 2.75) is 129 Å². The van der Waals surface area contributed by atoms with Crippen LogP contribution < -0.4 is 0 Å². The zero-order chi connectivity index (χ0) is 22.6. The summed E-state index contributed by atoms with van der Waals surface area (Å²) in [5.41, 5.74) is 3.62. The van der Waals surface area contributed by atoms with E-state index in [1.807, 2.05) is 0 Å². The van der Waals surface area contributed by atoms with E-state index in [0.717, 1.165) is 42.1 Å². The summed E-state index contributed by atoms with van der Waals surface area (Å²) < 4.78 is 0. The van der Waals surface area contributed by atoms with Gasteiger partial charge in [0.25, 0.3) is 0 Å². The fraction of sp³-hybridized carbons (Fsp3) is 0.774. The van der Waals surface area contributed by atoms with Gasteiger partial charge < -0.3 is 0 Å². The predicted octanol–water partition coefficient (Wildman–Crippen LogP) is 9.42. The molecule has 1 nitrogen and oxygen atoms in total. The van der Waals surface area contributed by atoms with Crippen LogP contribution in [0.2, 0.25) is 0 Å². The number of aryl methyl sites for hydroxylation is 2. The zero-order valence-corrected chi connectivity index (χ0v) is 21.2. The second kappa shape index (κ2) is 14.1. The van der Waals surface area contributed by atoms with Crippen molar-refractivity contribution in [3.8, 4) is 6.07 Å². The van der Waals surface area contributed by atoms with E-state index in [1.165, 1.54) is 114 Å². The van der Waals surface area contributed by atoms with Gasteiger partial charge in [-0.3, -0.25) is 0 Å². The van der Waals surface area contributed by atoms with Crippen LogP contribution in [-0.2, 0) is 12.8 Å². The molecule has 1 aromatic rings. The molecule has 0 heterocycles. The average Bonchev–Trinajstić information content (AvgIpc) is 2.83. The molecule has 1 heteroatoms. The quantitative estimate of drug-likeness (QED) is 0.300. The molecule has 3 rings (SSSR count). The smallest absolute Gasteiger partial charge is 0.0994 e. The molecule has 0 aliphatic heterocycles. The minimum atomic E-state index is 0.881. The van der Waals surface area contributed by atoms with Crippen LogP contribution in [0.3, 0.4) is 0 Å². The largest absolute Gasteiger partial charge is 0.192 e. The van der Waals surface area contributed by atoms with E-state index in [9.17, 15) is 5.26 Å². The number of hydrogen-bond acceptors (Lipinski definition) is 1. The van der Waals surface area contributed by atoms with Gasteiger partial charge in [0.05, 0.1) is 11.6 Å². The van der Waals surface area contributed by atoms with E-state index in [-0.39, 0.29) is 0 Å². The molecule has 2 fully saturated rings. The molecular formula is C31H49N. The zero-order valence-electron chi connectivity index (χ0n) is 21.2. The van der Waals surface area contributed by atoms with E-state index < -0.39 is 0 Å². The molecule has 1 aromatic carbocycles. The number of benzene rings is 1. The third-order valence-electron chi connectivity index (χ3n) is 8.80. The Labute approximate surface area is 199 Å². The Hall–Kier alpha value is -1.29. The van der Waals surface area contributed by atoms with Crippen molar-refractivity contribution in [3.63, 3.8) is 0 Å². The van der Waals surface area contributed by atoms with Crippen LogP contribution in [0.4, 0.5) is 0 Å². The molecule has 0 N–H and O–H groups in total. The third kappa shape index (κ3) is 8.24. The topological polar surface area (TPSA) is 23.8 Å². The first-order chi connectivity index (χ1) is 15.7. The van der Waals surface area contributed by atoms with Gasteiger partial charge in [-0.15, -0.1) is 0 Å². The predicted molar refractivity (Wildman–Crippen MR) is 138 cm³/mol. The van der Waals surface area contributed by atoms with Crippen molar-refractivity contribution in [2.75, 3.05) is 0 Å². The molecule has 0 aromatic heterocycles. The first-order valence-corrected chi connectivity index (χ1v) is 14.2. The van der Waals surface area contributed by atoms with Crippen LogP contribution in [0.15, 0.2) is 18.2 Å². The van der Waals surface area contributed by atoms with E-state index in [0.29, 0.717) is 0 Å². The number of unbranched alkanes of at least 4 members (excludes halogenated alkanes) is 2. The van der Waals surface area contributed by atoms with E-state index >= 15 is 0 Å². The lowest BCUT2D eigenvalue weighted by Gasteiger charge is -2.29. The molecule has 32 heavy (non-hydrogen) atoms. The van der Waals surface area contributed by atoms with Gasteiger partial charge in [-0.1, -0.05) is 116 Å². The van der Waals surface area contributed by atoms with Crippen molar-refractivity contribution in [1.29, 1.82) is 5.26 Å². The van der Waals surface area contributed by atoms with Crippen molar-refractivity contribution in [3.05, 3.63) is 34.9 Å². The van der Waals surface area contributed by atoms with Crippen molar-refractivity contribution in [1.82, 2.24) is 0 Å². The molecular weight excluding hydrogens is 386 g/mol. The summed E-state index contributed by atoms with van der Waals surface area (Å²) in [6.07, 6.45) is 24.7. The normalized spacial score (nSPS) is 26.0. The number of nitrogens with zero attached hydrogens (tertiary/aromatic N) is 1. The third-order valence-corrected chi connectivity index (χ3v) is 8.80. The molecule has 0 amide bonds. The lowest BCUT2D eigenvalue weighted by atomic mass is 9.77. The monoisotopic (exact) mass is 435 g/mol. The van der Waals surface area contributed by atoms with Gasteiger partial charge in [-0.05, 0) is 66.5 Å². The Morgan fingerprint density at radius 2 is 1.25 bits per heavy atom. The van der Waals surface area contributed by atoms with E-state index in [2.05, 4.69) is 38.1 Å². The SMILES string of the molecule is CCCCCC1CCC(CCc2ccc(CCC3CCC(CCC)CC3)cc2C#N)CC1. The number of rotatable bonds is 12. The van der Waals surface area contributed by atoms with Crippen molar-refractivity contribution >= 4 is 0 Å². The van der Waals surface area contributed by atoms with Gasteiger partial charge in [-0.2, -0.15) is 5.26 Å². The molecule has 2 saturated carbocycles. The van der Waals surface area contributed by atoms with Gasteiger partial charge in [0.2, 0.25) is 0 Å². The van der Waals surface area contributed by atoms with E-state index in [1.54, 1.807) is 0 Å².